The van der Waals surface area contributed by atoms with E-state index in [2.05, 4.69) is 19.2 Å². The molecule has 1 aliphatic heterocycles. The van der Waals surface area contributed by atoms with Gasteiger partial charge in [-0.2, -0.15) is 0 Å². The number of imide groups is 2. The van der Waals surface area contributed by atoms with E-state index in [4.69, 9.17) is 11.6 Å². The SMILES string of the molecule is CCC(C)c1ccc(N2C(=O)NC(=O)C(=Cc3cccn3Cc3ccc(Cl)cc3)C2=O)cc1. The second-order valence-corrected chi connectivity index (χ2v) is 8.48. The highest BCUT2D eigenvalue weighted by Crippen LogP contribution is 2.26. The molecule has 0 aliphatic carbocycles. The Labute approximate surface area is 197 Å². The van der Waals surface area contributed by atoms with Gasteiger partial charge in [-0.25, -0.2) is 9.69 Å². The lowest BCUT2D eigenvalue weighted by molar-refractivity contribution is -0.122. The van der Waals surface area contributed by atoms with Crippen molar-refractivity contribution in [2.45, 2.75) is 32.7 Å². The molecule has 1 aromatic heterocycles. The lowest BCUT2D eigenvalue weighted by Crippen LogP contribution is -2.54. The van der Waals surface area contributed by atoms with Crippen molar-refractivity contribution in [1.29, 1.82) is 0 Å². The third-order valence-electron chi connectivity index (χ3n) is 5.86. The van der Waals surface area contributed by atoms with Crippen LogP contribution >= 0.6 is 11.6 Å². The molecule has 0 saturated carbocycles. The van der Waals surface area contributed by atoms with E-state index in [1.165, 1.54) is 6.08 Å². The maximum absolute atomic E-state index is 13.2. The lowest BCUT2D eigenvalue weighted by Gasteiger charge is -2.26. The molecule has 7 heteroatoms. The summed E-state index contributed by atoms with van der Waals surface area (Å²) in [6.07, 6.45) is 4.36. The normalized spacial score (nSPS) is 16.3. The van der Waals surface area contributed by atoms with Crippen LogP contribution in [-0.4, -0.2) is 22.4 Å². The molecule has 0 radical (unpaired) electrons. The number of benzene rings is 2. The van der Waals surface area contributed by atoms with Crippen LogP contribution in [-0.2, 0) is 16.1 Å². The third-order valence-corrected chi connectivity index (χ3v) is 6.11. The maximum atomic E-state index is 13.2. The first-order valence-corrected chi connectivity index (χ1v) is 11.2. The van der Waals surface area contributed by atoms with Gasteiger partial charge < -0.3 is 4.57 Å². The van der Waals surface area contributed by atoms with Gasteiger partial charge in [-0.05, 0) is 65.9 Å². The van der Waals surface area contributed by atoms with Gasteiger partial charge in [0.05, 0.1) is 5.69 Å². The number of carbonyl (C=O) groups is 3. The van der Waals surface area contributed by atoms with Crippen molar-refractivity contribution in [1.82, 2.24) is 9.88 Å². The predicted octanol–water partition coefficient (Wildman–Crippen LogP) is 5.37. The van der Waals surface area contributed by atoms with Crippen molar-refractivity contribution in [3.63, 3.8) is 0 Å². The number of rotatable bonds is 6. The van der Waals surface area contributed by atoms with Crippen LogP contribution in [0.3, 0.4) is 0 Å². The largest absolute Gasteiger partial charge is 0.344 e. The summed E-state index contributed by atoms with van der Waals surface area (Å²) < 4.78 is 1.92. The minimum absolute atomic E-state index is 0.100. The van der Waals surface area contributed by atoms with Crippen LogP contribution in [0.4, 0.5) is 10.5 Å². The summed E-state index contributed by atoms with van der Waals surface area (Å²) in [6.45, 7) is 4.76. The minimum Gasteiger partial charge on any atom is -0.344 e. The first-order chi connectivity index (χ1) is 15.9. The molecule has 1 atom stereocenters. The van der Waals surface area contributed by atoms with E-state index in [0.717, 1.165) is 22.4 Å². The Hall–Kier alpha value is -3.64. The highest BCUT2D eigenvalue weighted by atomic mass is 35.5. The zero-order valence-corrected chi connectivity index (χ0v) is 19.2. The number of nitrogens with zero attached hydrogens (tertiary/aromatic N) is 2. The molecular weight excluding hydrogens is 438 g/mol. The van der Waals surface area contributed by atoms with Gasteiger partial charge in [0, 0.05) is 23.5 Å². The van der Waals surface area contributed by atoms with E-state index in [1.54, 1.807) is 12.1 Å². The fourth-order valence-electron chi connectivity index (χ4n) is 3.72. The van der Waals surface area contributed by atoms with E-state index in [0.29, 0.717) is 28.9 Å². The van der Waals surface area contributed by atoms with Gasteiger partial charge in [-0.1, -0.05) is 49.7 Å². The first kappa shape index (κ1) is 22.6. The molecule has 3 aromatic rings. The maximum Gasteiger partial charge on any atom is 0.335 e. The number of barbiturate groups is 1. The second kappa shape index (κ2) is 9.46. The van der Waals surface area contributed by atoms with Crippen molar-refractivity contribution < 1.29 is 14.4 Å². The number of carbonyl (C=O) groups excluding carboxylic acids is 3. The second-order valence-electron chi connectivity index (χ2n) is 8.05. The summed E-state index contributed by atoms with van der Waals surface area (Å²) in [6, 6.07) is 17.6. The summed E-state index contributed by atoms with van der Waals surface area (Å²) in [5, 5.41) is 2.93. The molecule has 0 bridgehead atoms. The summed E-state index contributed by atoms with van der Waals surface area (Å²) in [5.41, 5.74) is 3.13. The third kappa shape index (κ3) is 4.76. The number of halogens is 1. The number of hydrogen-bond acceptors (Lipinski definition) is 3. The molecule has 1 fully saturated rings. The summed E-state index contributed by atoms with van der Waals surface area (Å²) in [4.78, 5) is 39.2. The van der Waals surface area contributed by atoms with Crippen molar-refractivity contribution >= 4 is 41.2 Å². The molecular formula is C26H24ClN3O3. The predicted molar refractivity (Wildman–Crippen MR) is 129 cm³/mol. The molecule has 6 nitrogen and oxygen atoms in total. The first-order valence-electron chi connectivity index (χ1n) is 10.8. The molecule has 2 aromatic carbocycles. The van der Waals surface area contributed by atoms with Gasteiger partial charge in [0.15, 0.2) is 0 Å². The number of urea groups is 1. The van der Waals surface area contributed by atoms with Crippen LogP contribution in [0, 0.1) is 0 Å². The van der Waals surface area contributed by atoms with Gasteiger partial charge in [0.2, 0.25) is 0 Å². The molecule has 1 N–H and O–H groups in total. The number of amides is 4. The van der Waals surface area contributed by atoms with Gasteiger partial charge >= 0.3 is 6.03 Å². The fourth-order valence-corrected chi connectivity index (χ4v) is 3.84. The van der Waals surface area contributed by atoms with Gasteiger partial charge in [0.1, 0.15) is 5.57 Å². The summed E-state index contributed by atoms with van der Waals surface area (Å²) in [5.74, 6) is -0.994. The number of aromatic nitrogens is 1. The minimum atomic E-state index is -0.755. The summed E-state index contributed by atoms with van der Waals surface area (Å²) >= 11 is 5.96. The van der Waals surface area contributed by atoms with Crippen LogP contribution in [0.2, 0.25) is 5.02 Å². The van der Waals surface area contributed by atoms with Gasteiger partial charge in [0.25, 0.3) is 11.8 Å². The quantitative estimate of drug-likeness (QED) is 0.396. The molecule has 0 spiro atoms. The average Bonchev–Trinajstić information content (AvgIpc) is 3.24. The molecule has 33 heavy (non-hydrogen) atoms. The molecule has 2 heterocycles. The van der Waals surface area contributed by atoms with E-state index in [-0.39, 0.29) is 5.57 Å². The molecule has 4 rings (SSSR count). The van der Waals surface area contributed by atoms with Crippen LogP contribution < -0.4 is 10.2 Å². The van der Waals surface area contributed by atoms with Gasteiger partial charge in [-0.3, -0.25) is 14.9 Å². The van der Waals surface area contributed by atoms with E-state index >= 15 is 0 Å². The van der Waals surface area contributed by atoms with Crippen molar-refractivity contribution in [2.24, 2.45) is 0 Å². The fraction of sp³-hybridized carbons (Fsp3) is 0.192. The molecule has 1 aliphatic rings. The Morgan fingerprint density at radius 3 is 2.36 bits per heavy atom. The highest BCUT2D eigenvalue weighted by Gasteiger charge is 2.37. The van der Waals surface area contributed by atoms with Crippen molar-refractivity contribution in [2.75, 3.05) is 4.90 Å². The van der Waals surface area contributed by atoms with Gasteiger partial charge in [-0.15, -0.1) is 0 Å². The standard InChI is InChI=1S/C26H24ClN3O3/c1-3-17(2)19-8-12-21(13-9-19)30-25(32)23(24(31)28-26(30)33)15-22-5-4-14-29(22)16-18-6-10-20(27)11-7-18/h4-15,17H,3,16H2,1-2H3,(H,28,31,33). The number of anilines is 1. The van der Waals surface area contributed by atoms with E-state index < -0.39 is 17.8 Å². The molecule has 4 amide bonds. The number of hydrogen-bond donors (Lipinski definition) is 1. The number of nitrogens with one attached hydrogen (secondary N) is 1. The molecule has 1 saturated heterocycles. The summed E-state index contributed by atoms with van der Waals surface area (Å²) in [7, 11) is 0. The zero-order valence-electron chi connectivity index (χ0n) is 18.4. The monoisotopic (exact) mass is 461 g/mol. The molecule has 168 valence electrons. The zero-order chi connectivity index (χ0) is 23.5. The Morgan fingerprint density at radius 1 is 1.00 bits per heavy atom. The van der Waals surface area contributed by atoms with Crippen molar-refractivity contribution in [3.8, 4) is 0 Å². The van der Waals surface area contributed by atoms with E-state index in [1.807, 2.05) is 59.3 Å². The smallest absolute Gasteiger partial charge is 0.335 e. The van der Waals surface area contributed by atoms with Crippen molar-refractivity contribution in [3.05, 3.63) is 94.3 Å². The van der Waals surface area contributed by atoms with E-state index in [9.17, 15) is 14.4 Å². The van der Waals surface area contributed by atoms with Crippen LogP contribution in [0.25, 0.3) is 6.08 Å². The Morgan fingerprint density at radius 2 is 1.70 bits per heavy atom. The lowest BCUT2D eigenvalue weighted by atomic mass is 9.98. The topological polar surface area (TPSA) is 71.4 Å². The van der Waals surface area contributed by atoms with Crippen LogP contribution in [0.15, 0.2) is 72.4 Å². The highest BCUT2D eigenvalue weighted by molar-refractivity contribution is 6.39. The van der Waals surface area contributed by atoms with Crippen LogP contribution in [0.1, 0.15) is 43.0 Å². The Kier molecular flexibility index (Phi) is 6.47. The Balaban J connectivity index is 1.62. The Bertz CT molecular complexity index is 1230. The average molecular weight is 462 g/mol. The van der Waals surface area contributed by atoms with Crippen LogP contribution in [0.5, 0.6) is 0 Å². The molecule has 1 unspecified atom stereocenters.